The van der Waals surface area contributed by atoms with Gasteiger partial charge in [-0.05, 0) is 38.0 Å². The lowest BCUT2D eigenvalue weighted by atomic mass is 10.1. The highest BCUT2D eigenvalue weighted by Gasteiger charge is 2.39. The molecule has 4 unspecified atom stereocenters. The van der Waals surface area contributed by atoms with Gasteiger partial charge >= 0.3 is 0 Å². The molecule has 2 heterocycles. The van der Waals surface area contributed by atoms with Crippen LogP contribution in [0.5, 0.6) is 0 Å². The van der Waals surface area contributed by atoms with Crippen molar-refractivity contribution in [3.8, 4) is 0 Å². The molecule has 2 saturated heterocycles. The van der Waals surface area contributed by atoms with E-state index >= 15 is 0 Å². The van der Waals surface area contributed by atoms with Crippen molar-refractivity contribution in [3.63, 3.8) is 0 Å². The number of fused-ring (bicyclic) bond motifs is 1. The standard InChI is InChI=1S/C12H20O3/c1-2-5-14-12(3-1)15-10-7-9-4-6-13-11(9)8-10/h9-12H,1-8H2. The second kappa shape index (κ2) is 4.40. The molecule has 0 bridgehead atoms. The van der Waals surface area contributed by atoms with E-state index in [1.807, 2.05) is 0 Å². The van der Waals surface area contributed by atoms with Gasteiger partial charge in [0.05, 0.1) is 12.2 Å². The first kappa shape index (κ1) is 10.1. The van der Waals surface area contributed by atoms with E-state index in [4.69, 9.17) is 14.2 Å². The Morgan fingerprint density at radius 2 is 1.93 bits per heavy atom. The minimum absolute atomic E-state index is 0.0718. The van der Waals surface area contributed by atoms with Crippen LogP contribution in [-0.4, -0.2) is 31.7 Å². The van der Waals surface area contributed by atoms with Gasteiger partial charge in [0.25, 0.3) is 0 Å². The van der Waals surface area contributed by atoms with Crippen LogP contribution in [0.3, 0.4) is 0 Å². The number of hydrogen-bond acceptors (Lipinski definition) is 3. The molecule has 0 aromatic heterocycles. The summed E-state index contributed by atoms with van der Waals surface area (Å²) in [6.07, 6.45) is 7.97. The molecule has 1 aliphatic carbocycles. The number of hydrogen-bond donors (Lipinski definition) is 0. The molecule has 2 aliphatic heterocycles. The van der Waals surface area contributed by atoms with Crippen LogP contribution in [0, 0.1) is 5.92 Å². The largest absolute Gasteiger partial charge is 0.378 e. The summed E-state index contributed by atoms with van der Waals surface area (Å²) in [6, 6.07) is 0. The van der Waals surface area contributed by atoms with E-state index in [2.05, 4.69) is 0 Å². The summed E-state index contributed by atoms with van der Waals surface area (Å²) in [4.78, 5) is 0. The molecule has 3 rings (SSSR count). The third kappa shape index (κ3) is 2.19. The van der Waals surface area contributed by atoms with E-state index in [-0.39, 0.29) is 6.29 Å². The quantitative estimate of drug-likeness (QED) is 0.701. The Kier molecular flexibility index (Phi) is 2.95. The normalized spacial score (nSPS) is 45.6. The molecule has 0 radical (unpaired) electrons. The fourth-order valence-electron chi connectivity index (χ4n) is 3.06. The van der Waals surface area contributed by atoms with Crippen LogP contribution in [0.4, 0.5) is 0 Å². The average Bonchev–Trinajstić information content (AvgIpc) is 2.79. The van der Waals surface area contributed by atoms with Crippen molar-refractivity contribution in [3.05, 3.63) is 0 Å². The van der Waals surface area contributed by atoms with Gasteiger partial charge in [-0.1, -0.05) is 0 Å². The fraction of sp³-hybridized carbons (Fsp3) is 1.00. The molecule has 0 spiro atoms. The van der Waals surface area contributed by atoms with Gasteiger partial charge in [-0.3, -0.25) is 0 Å². The highest BCUT2D eigenvalue weighted by atomic mass is 16.7. The van der Waals surface area contributed by atoms with Gasteiger partial charge in [0.2, 0.25) is 0 Å². The van der Waals surface area contributed by atoms with Crippen LogP contribution in [0.1, 0.15) is 38.5 Å². The summed E-state index contributed by atoms with van der Waals surface area (Å²) in [5.74, 6) is 0.763. The Balaban J connectivity index is 1.48. The van der Waals surface area contributed by atoms with E-state index < -0.39 is 0 Å². The smallest absolute Gasteiger partial charge is 0.157 e. The van der Waals surface area contributed by atoms with Crippen LogP contribution in [0.25, 0.3) is 0 Å². The van der Waals surface area contributed by atoms with Crippen LogP contribution in [0.2, 0.25) is 0 Å². The van der Waals surface area contributed by atoms with Gasteiger partial charge in [0, 0.05) is 19.6 Å². The molecule has 3 heteroatoms. The molecule has 86 valence electrons. The second-order valence-electron chi connectivity index (χ2n) is 4.98. The van der Waals surface area contributed by atoms with Gasteiger partial charge in [0.15, 0.2) is 6.29 Å². The molecule has 1 saturated carbocycles. The third-order valence-electron chi connectivity index (χ3n) is 3.89. The topological polar surface area (TPSA) is 27.7 Å². The van der Waals surface area contributed by atoms with Crippen molar-refractivity contribution in [1.29, 1.82) is 0 Å². The summed E-state index contributed by atoms with van der Waals surface area (Å²) < 4.78 is 17.3. The van der Waals surface area contributed by atoms with Crippen molar-refractivity contribution in [2.24, 2.45) is 5.92 Å². The summed E-state index contributed by atoms with van der Waals surface area (Å²) in [5, 5.41) is 0. The van der Waals surface area contributed by atoms with E-state index in [1.54, 1.807) is 0 Å². The highest BCUT2D eigenvalue weighted by molar-refractivity contribution is 4.88. The van der Waals surface area contributed by atoms with Gasteiger partial charge in [0.1, 0.15) is 0 Å². The summed E-state index contributed by atoms with van der Waals surface area (Å²) in [5.41, 5.74) is 0. The molecule has 0 aromatic carbocycles. The Bertz CT molecular complexity index is 201. The first-order valence-corrected chi connectivity index (χ1v) is 6.30. The molecular formula is C12H20O3. The summed E-state index contributed by atoms with van der Waals surface area (Å²) in [7, 11) is 0. The molecule has 3 fully saturated rings. The van der Waals surface area contributed by atoms with Crippen LogP contribution < -0.4 is 0 Å². The van der Waals surface area contributed by atoms with E-state index in [9.17, 15) is 0 Å². The zero-order valence-electron chi connectivity index (χ0n) is 9.19. The molecule has 4 atom stereocenters. The maximum absolute atomic E-state index is 5.99. The predicted molar refractivity (Wildman–Crippen MR) is 55.5 cm³/mol. The molecule has 3 nitrogen and oxygen atoms in total. The van der Waals surface area contributed by atoms with Crippen LogP contribution in [-0.2, 0) is 14.2 Å². The zero-order chi connectivity index (χ0) is 10.1. The zero-order valence-corrected chi connectivity index (χ0v) is 9.19. The van der Waals surface area contributed by atoms with Crippen molar-refractivity contribution in [2.75, 3.05) is 13.2 Å². The molecular weight excluding hydrogens is 192 g/mol. The average molecular weight is 212 g/mol. The monoisotopic (exact) mass is 212 g/mol. The molecule has 0 aromatic rings. The Hall–Kier alpha value is -0.120. The van der Waals surface area contributed by atoms with Crippen molar-refractivity contribution in [1.82, 2.24) is 0 Å². The molecule has 0 N–H and O–H groups in total. The SMILES string of the molecule is C1CCC(OC2CC3CCOC3C2)OC1. The fourth-order valence-corrected chi connectivity index (χ4v) is 3.06. The van der Waals surface area contributed by atoms with Crippen molar-refractivity contribution < 1.29 is 14.2 Å². The van der Waals surface area contributed by atoms with Crippen LogP contribution in [0.15, 0.2) is 0 Å². The van der Waals surface area contributed by atoms with Crippen molar-refractivity contribution in [2.45, 2.75) is 57.0 Å². The van der Waals surface area contributed by atoms with Crippen LogP contribution >= 0.6 is 0 Å². The lowest BCUT2D eigenvalue weighted by Crippen LogP contribution is -2.27. The minimum atomic E-state index is 0.0718. The predicted octanol–water partition coefficient (Wildman–Crippen LogP) is 2.10. The van der Waals surface area contributed by atoms with Gasteiger partial charge in [-0.15, -0.1) is 0 Å². The maximum atomic E-state index is 5.99. The number of ether oxygens (including phenoxy) is 3. The first-order valence-electron chi connectivity index (χ1n) is 6.30. The summed E-state index contributed by atoms with van der Waals surface area (Å²) in [6.45, 7) is 1.84. The van der Waals surface area contributed by atoms with Gasteiger partial charge < -0.3 is 14.2 Å². The Labute approximate surface area is 91.1 Å². The molecule has 0 amide bonds. The van der Waals surface area contributed by atoms with Crippen molar-refractivity contribution >= 4 is 0 Å². The second-order valence-corrected chi connectivity index (χ2v) is 4.98. The Morgan fingerprint density at radius 1 is 0.933 bits per heavy atom. The van der Waals surface area contributed by atoms with E-state index in [1.165, 1.54) is 25.7 Å². The molecule has 3 aliphatic rings. The lowest BCUT2D eigenvalue weighted by Gasteiger charge is -2.26. The highest BCUT2D eigenvalue weighted by Crippen LogP contribution is 2.38. The van der Waals surface area contributed by atoms with Gasteiger partial charge in [-0.25, -0.2) is 0 Å². The lowest BCUT2D eigenvalue weighted by molar-refractivity contribution is -0.188. The summed E-state index contributed by atoms with van der Waals surface area (Å²) >= 11 is 0. The first-order chi connectivity index (χ1) is 7.42. The van der Waals surface area contributed by atoms with Gasteiger partial charge in [-0.2, -0.15) is 0 Å². The van der Waals surface area contributed by atoms with E-state index in [0.29, 0.717) is 12.2 Å². The third-order valence-corrected chi connectivity index (χ3v) is 3.89. The number of rotatable bonds is 2. The maximum Gasteiger partial charge on any atom is 0.157 e. The molecule has 15 heavy (non-hydrogen) atoms. The minimum Gasteiger partial charge on any atom is -0.378 e. The Morgan fingerprint density at radius 3 is 2.73 bits per heavy atom. The van der Waals surface area contributed by atoms with E-state index in [0.717, 1.165) is 32.0 Å².